The van der Waals surface area contributed by atoms with Crippen LogP contribution in [0.3, 0.4) is 0 Å². The van der Waals surface area contributed by atoms with Crippen molar-refractivity contribution in [3.8, 4) is 0 Å². The van der Waals surface area contributed by atoms with Gasteiger partial charge in [-0.25, -0.2) is 8.42 Å². The summed E-state index contributed by atoms with van der Waals surface area (Å²) in [5.74, 6) is -0.00394. The Labute approximate surface area is 60.0 Å². The molecular weight excluding hydrogens is 154 g/mol. The second-order valence-corrected chi connectivity index (χ2v) is 4.86. The highest BCUT2D eigenvalue weighted by atomic mass is 32.2. The third-order valence-corrected chi connectivity index (χ3v) is 3.42. The van der Waals surface area contributed by atoms with Gasteiger partial charge in [-0.05, 0) is 6.42 Å². The molecule has 0 amide bonds. The molecule has 5 heteroatoms. The minimum atomic E-state index is -2.95. The van der Waals surface area contributed by atoms with Gasteiger partial charge in [0, 0.05) is 6.04 Å². The van der Waals surface area contributed by atoms with Crippen LogP contribution in [0.5, 0.6) is 0 Å². The Hall–Kier alpha value is -0.130. The van der Waals surface area contributed by atoms with Crippen LogP contribution >= 0.6 is 0 Å². The Morgan fingerprint density at radius 1 is 1.50 bits per heavy atom. The molecule has 2 atom stereocenters. The summed E-state index contributed by atoms with van der Waals surface area (Å²) < 4.78 is 21.6. The van der Waals surface area contributed by atoms with Gasteiger partial charge < -0.3 is 10.8 Å². The van der Waals surface area contributed by atoms with E-state index in [1.54, 1.807) is 0 Å². The van der Waals surface area contributed by atoms with Crippen LogP contribution in [-0.4, -0.2) is 37.2 Å². The normalized spacial score (nSPS) is 39.4. The van der Waals surface area contributed by atoms with Crippen molar-refractivity contribution in [3.05, 3.63) is 0 Å². The van der Waals surface area contributed by atoms with Gasteiger partial charge in [0.1, 0.15) is 0 Å². The van der Waals surface area contributed by atoms with E-state index in [-0.39, 0.29) is 17.9 Å². The average Bonchev–Trinajstić information content (AvgIpc) is 1.79. The zero-order valence-corrected chi connectivity index (χ0v) is 6.34. The van der Waals surface area contributed by atoms with Gasteiger partial charge in [0.25, 0.3) is 0 Å². The van der Waals surface area contributed by atoms with Gasteiger partial charge in [-0.2, -0.15) is 0 Å². The van der Waals surface area contributed by atoms with Crippen molar-refractivity contribution in [3.63, 3.8) is 0 Å². The van der Waals surface area contributed by atoms with Gasteiger partial charge in [-0.1, -0.05) is 0 Å². The monoisotopic (exact) mass is 165 g/mol. The van der Waals surface area contributed by atoms with Crippen molar-refractivity contribution < 1.29 is 13.5 Å². The molecule has 0 unspecified atom stereocenters. The van der Waals surface area contributed by atoms with Crippen molar-refractivity contribution >= 4 is 9.84 Å². The lowest BCUT2D eigenvalue weighted by molar-refractivity contribution is 0.144. The molecule has 1 aliphatic heterocycles. The zero-order valence-electron chi connectivity index (χ0n) is 5.53. The maximum atomic E-state index is 10.8. The number of hydrogen-bond acceptors (Lipinski definition) is 4. The van der Waals surface area contributed by atoms with Gasteiger partial charge in [-0.15, -0.1) is 0 Å². The number of nitrogens with two attached hydrogens (primary N) is 1. The van der Waals surface area contributed by atoms with Crippen LogP contribution in [0, 0.1) is 0 Å². The van der Waals surface area contributed by atoms with E-state index >= 15 is 0 Å². The topological polar surface area (TPSA) is 80.4 Å². The third-order valence-electron chi connectivity index (χ3n) is 1.67. The van der Waals surface area contributed by atoms with E-state index in [9.17, 15) is 8.42 Å². The largest absolute Gasteiger partial charge is 0.391 e. The van der Waals surface area contributed by atoms with Gasteiger partial charge in [-0.3, -0.25) is 0 Å². The number of aliphatic hydroxyl groups excluding tert-OH is 1. The maximum Gasteiger partial charge on any atom is 0.152 e. The number of hydrogen-bond donors (Lipinski definition) is 2. The lowest BCUT2D eigenvalue weighted by atomic mass is 10.1. The van der Waals surface area contributed by atoms with Crippen LogP contribution in [-0.2, 0) is 9.84 Å². The molecule has 1 fully saturated rings. The number of rotatable bonds is 0. The van der Waals surface area contributed by atoms with E-state index in [2.05, 4.69) is 0 Å². The molecule has 10 heavy (non-hydrogen) atoms. The first kappa shape index (κ1) is 7.97. The Balaban J connectivity index is 2.66. The molecular formula is C5H11NO3S. The van der Waals surface area contributed by atoms with Crippen molar-refractivity contribution in [2.24, 2.45) is 5.73 Å². The summed E-state index contributed by atoms with van der Waals surface area (Å²) in [7, 11) is -2.95. The quantitative estimate of drug-likeness (QED) is 0.457. The van der Waals surface area contributed by atoms with Crippen LogP contribution < -0.4 is 5.73 Å². The molecule has 3 N–H and O–H groups in total. The predicted octanol–water partition coefficient (Wildman–Crippen LogP) is -1.51. The molecule has 1 heterocycles. The van der Waals surface area contributed by atoms with E-state index in [0.29, 0.717) is 0 Å². The lowest BCUT2D eigenvalue weighted by Crippen LogP contribution is -2.46. The maximum absolute atomic E-state index is 10.8. The molecule has 60 valence electrons. The molecule has 0 saturated carbocycles. The van der Waals surface area contributed by atoms with Gasteiger partial charge in [0.15, 0.2) is 9.84 Å². The second-order valence-electron chi connectivity index (χ2n) is 2.63. The van der Waals surface area contributed by atoms with E-state index in [4.69, 9.17) is 10.8 Å². The van der Waals surface area contributed by atoms with E-state index < -0.39 is 22.0 Å². The summed E-state index contributed by atoms with van der Waals surface area (Å²) in [6, 6.07) is -0.584. The van der Waals surface area contributed by atoms with E-state index in [0.717, 1.165) is 0 Å². The second kappa shape index (κ2) is 2.48. The Morgan fingerprint density at radius 2 is 2.10 bits per heavy atom. The Kier molecular flexibility index (Phi) is 1.98. The first-order chi connectivity index (χ1) is 4.51. The SMILES string of the molecule is N[C@@H]1CS(=O)(=O)CC[C@H]1O. The average molecular weight is 165 g/mol. The molecule has 0 aromatic rings. The summed E-state index contributed by atoms with van der Waals surface area (Å²) in [5.41, 5.74) is 5.32. The van der Waals surface area contributed by atoms with Crippen LogP contribution in [0.1, 0.15) is 6.42 Å². The first-order valence-corrected chi connectivity index (χ1v) is 4.97. The summed E-state index contributed by atoms with van der Waals surface area (Å²) in [6.07, 6.45) is -0.354. The standard InChI is InChI=1S/C5H11NO3S/c6-4-3-10(8,9)2-1-5(4)7/h4-5,7H,1-3,6H2/t4-,5-/m1/s1. The summed E-state index contributed by atoms with van der Waals surface area (Å²) in [5, 5.41) is 9.02. The summed E-state index contributed by atoms with van der Waals surface area (Å²) in [6.45, 7) is 0. The molecule has 1 aliphatic rings. The van der Waals surface area contributed by atoms with Gasteiger partial charge in [0.2, 0.25) is 0 Å². The molecule has 4 nitrogen and oxygen atoms in total. The van der Waals surface area contributed by atoms with Crippen LogP contribution in [0.2, 0.25) is 0 Å². The first-order valence-electron chi connectivity index (χ1n) is 3.15. The fourth-order valence-corrected chi connectivity index (χ4v) is 2.58. The molecule has 1 rings (SSSR count). The van der Waals surface area contributed by atoms with Crippen LogP contribution in [0.25, 0.3) is 0 Å². The highest BCUT2D eigenvalue weighted by Crippen LogP contribution is 2.10. The van der Waals surface area contributed by atoms with Crippen LogP contribution in [0.15, 0.2) is 0 Å². The summed E-state index contributed by atoms with van der Waals surface area (Å²) in [4.78, 5) is 0. The fourth-order valence-electron chi connectivity index (χ4n) is 1.00. The molecule has 0 bridgehead atoms. The van der Waals surface area contributed by atoms with Crippen molar-refractivity contribution in [2.75, 3.05) is 11.5 Å². The molecule has 0 spiro atoms. The van der Waals surface area contributed by atoms with Crippen molar-refractivity contribution in [1.29, 1.82) is 0 Å². The van der Waals surface area contributed by atoms with Gasteiger partial charge >= 0.3 is 0 Å². The minimum Gasteiger partial charge on any atom is -0.391 e. The summed E-state index contributed by atoms with van der Waals surface area (Å²) >= 11 is 0. The van der Waals surface area contributed by atoms with Gasteiger partial charge in [0.05, 0.1) is 17.6 Å². The predicted molar refractivity (Wildman–Crippen MR) is 37.3 cm³/mol. The van der Waals surface area contributed by atoms with Crippen molar-refractivity contribution in [1.82, 2.24) is 0 Å². The third kappa shape index (κ3) is 1.68. The Bertz CT molecular complexity index is 211. The molecule has 1 saturated heterocycles. The zero-order chi connectivity index (χ0) is 7.78. The minimum absolute atomic E-state index is 0.0713. The van der Waals surface area contributed by atoms with E-state index in [1.807, 2.05) is 0 Å². The van der Waals surface area contributed by atoms with Crippen LogP contribution in [0.4, 0.5) is 0 Å². The Morgan fingerprint density at radius 3 is 2.50 bits per heavy atom. The number of sulfone groups is 1. The molecule has 0 aromatic heterocycles. The number of aliphatic hydroxyl groups is 1. The highest BCUT2D eigenvalue weighted by molar-refractivity contribution is 7.91. The lowest BCUT2D eigenvalue weighted by Gasteiger charge is -2.23. The molecule has 0 radical (unpaired) electrons. The fraction of sp³-hybridized carbons (Fsp3) is 1.00. The molecule has 0 aliphatic carbocycles. The smallest absolute Gasteiger partial charge is 0.152 e. The van der Waals surface area contributed by atoms with E-state index in [1.165, 1.54) is 0 Å². The highest BCUT2D eigenvalue weighted by Gasteiger charge is 2.28. The van der Waals surface area contributed by atoms with Crippen molar-refractivity contribution in [2.45, 2.75) is 18.6 Å². The molecule has 0 aromatic carbocycles.